The molecule has 0 aliphatic carbocycles. The molecule has 2 aromatic heterocycles. The van der Waals surface area contributed by atoms with Gasteiger partial charge in [0.15, 0.2) is 0 Å². The maximum absolute atomic E-state index is 6.55. The van der Waals surface area contributed by atoms with Gasteiger partial charge in [-0.15, -0.1) is 0 Å². The van der Waals surface area contributed by atoms with Crippen molar-refractivity contribution in [3.8, 4) is 89.0 Å². The summed E-state index contributed by atoms with van der Waals surface area (Å²) in [5, 5.41) is 23.7. The van der Waals surface area contributed by atoms with Crippen molar-refractivity contribution in [3.63, 3.8) is 0 Å². The number of para-hydroxylation sites is 2. The molecule has 0 atom stereocenters. The summed E-state index contributed by atoms with van der Waals surface area (Å²) in [7, 11) is 0. The minimum absolute atomic E-state index is 0.903. The van der Waals surface area contributed by atoms with E-state index in [0.29, 0.717) is 0 Å². The summed E-state index contributed by atoms with van der Waals surface area (Å²) in [6.45, 7) is 0. The maximum Gasteiger partial charge on any atom is 0.143 e. The molecule has 462 valence electrons. The van der Waals surface area contributed by atoms with Gasteiger partial charge in [-0.3, -0.25) is 0 Å². The zero-order chi connectivity index (χ0) is 65.5. The van der Waals surface area contributed by atoms with Gasteiger partial charge >= 0.3 is 0 Å². The Hall–Kier alpha value is -13.1. The van der Waals surface area contributed by atoms with Crippen LogP contribution in [0.15, 0.2) is 361 Å². The minimum Gasteiger partial charge on any atom is -0.455 e. The molecule has 0 unspecified atom stereocenters. The summed E-state index contributed by atoms with van der Waals surface area (Å²) in [5.74, 6) is 0. The fourth-order valence-corrected chi connectivity index (χ4v) is 16.9. The summed E-state index contributed by atoms with van der Waals surface area (Å²) in [4.78, 5) is 0. The Labute approximate surface area is 576 Å². The second-order valence-corrected chi connectivity index (χ2v) is 26.8. The molecule has 0 bridgehead atoms. The molecule has 0 aliphatic heterocycles. The number of fused-ring (bicyclic) bond motifs is 16. The van der Waals surface area contributed by atoms with E-state index in [1.54, 1.807) is 0 Å². The normalized spacial score (nSPS) is 12.0. The summed E-state index contributed by atoms with van der Waals surface area (Å²) in [6.07, 6.45) is 0. The summed E-state index contributed by atoms with van der Waals surface area (Å²) >= 11 is 0. The monoisotopic (exact) mass is 1270 g/mol. The van der Waals surface area contributed by atoms with Gasteiger partial charge in [0.1, 0.15) is 22.3 Å². The third-order valence-electron chi connectivity index (χ3n) is 21.4. The highest BCUT2D eigenvalue weighted by Crippen LogP contribution is 2.51. The molecule has 21 rings (SSSR count). The quantitative estimate of drug-likeness (QED) is 0.142. The molecule has 2 heteroatoms. The SMILES string of the molecule is c1cc(-c2cc(-c3ccc4c(-c5ccc(-c6cc7c8ccccc8oc7c7ccccc67)cc5)c5ccccc5c(-c5cccc6ccccc56)c4c3)cc3ccccc23)cc(-c2c3ccccc3c(-c3ccc(-c4cc5c6ccccc6oc5c5ccccc45)cc3)c3ccccc23)c1. The molecule has 0 aliphatic rings. The van der Waals surface area contributed by atoms with E-state index < -0.39 is 0 Å². The molecule has 21 aromatic rings. The average molecular weight is 1270 g/mol. The van der Waals surface area contributed by atoms with Gasteiger partial charge in [-0.25, -0.2) is 0 Å². The van der Waals surface area contributed by atoms with E-state index in [1.165, 1.54) is 142 Å². The van der Waals surface area contributed by atoms with E-state index in [2.05, 4.69) is 340 Å². The molecule has 100 heavy (non-hydrogen) atoms. The Morgan fingerprint density at radius 2 is 0.500 bits per heavy atom. The first-order chi connectivity index (χ1) is 49.6. The smallest absolute Gasteiger partial charge is 0.143 e. The molecule has 0 amide bonds. The highest BCUT2D eigenvalue weighted by molar-refractivity contribution is 6.26. The predicted molar refractivity (Wildman–Crippen MR) is 425 cm³/mol. The number of rotatable bonds is 8. The standard InChI is InChI=1S/C98H58O2/c1-3-26-69-59(21-1)23-20-40-75(69)96-81-37-12-11-36-80(81)94(63-49-45-61(46-50-63)87-58-90-74-31-16-18-42-92(74)100-98(90)84-39-14-6-29-72(84)87)82-52-51-64(55-88(82)96)68-54-65-22-2-4-27-70(65)85(56-68)66-24-19-25-67(53-66)95-78-34-9-7-32-76(78)93(77-33-8-10-35-79(77)95)62-47-43-60(44-48-62)86-57-89-73-30-15-17-41-91(73)99-97(89)83-38-13-5-28-71(83)86/h1-58H. The van der Waals surface area contributed by atoms with E-state index in [1.807, 2.05) is 12.1 Å². The van der Waals surface area contributed by atoms with Gasteiger partial charge in [-0.1, -0.05) is 303 Å². The van der Waals surface area contributed by atoms with Crippen LogP contribution in [0.5, 0.6) is 0 Å². The zero-order valence-corrected chi connectivity index (χ0v) is 54.3. The molecule has 0 spiro atoms. The molecular formula is C98H58O2. The van der Waals surface area contributed by atoms with Crippen molar-refractivity contribution in [3.05, 3.63) is 352 Å². The van der Waals surface area contributed by atoms with Crippen LogP contribution in [-0.2, 0) is 0 Å². The molecule has 2 nitrogen and oxygen atoms in total. The lowest BCUT2D eigenvalue weighted by molar-refractivity contribution is 0.672. The highest BCUT2D eigenvalue weighted by Gasteiger charge is 2.24. The van der Waals surface area contributed by atoms with E-state index in [0.717, 1.165) is 76.9 Å². The fourth-order valence-electron chi connectivity index (χ4n) is 16.9. The van der Waals surface area contributed by atoms with Gasteiger partial charge < -0.3 is 8.83 Å². The van der Waals surface area contributed by atoms with Crippen LogP contribution in [0.4, 0.5) is 0 Å². The van der Waals surface area contributed by atoms with Crippen LogP contribution in [0.3, 0.4) is 0 Å². The lowest BCUT2D eigenvalue weighted by Gasteiger charge is -2.20. The molecule has 19 aromatic carbocycles. The first kappa shape index (κ1) is 56.1. The average Bonchev–Trinajstić information content (AvgIpc) is 0.816. The molecular weight excluding hydrogens is 1210 g/mol. The molecule has 0 saturated carbocycles. The van der Waals surface area contributed by atoms with E-state index >= 15 is 0 Å². The van der Waals surface area contributed by atoms with Crippen molar-refractivity contribution >= 4 is 130 Å². The Balaban J connectivity index is 0.707. The molecule has 0 N–H and O–H groups in total. The third kappa shape index (κ3) is 8.64. The van der Waals surface area contributed by atoms with Crippen LogP contribution < -0.4 is 0 Å². The van der Waals surface area contributed by atoms with Gasteiger partial charge in [0.25, 0.3) is 0 Å². The van der Waals surface area contributed by atoms with E-state index in [-0.39, 0.29) is 0 Å². The van der Waals surface area contributed by atoms with Crippen LogP contribution in [0.25, 0.3) is 219 Å². The summed E-state index contributed by atoms with van der Waals surface area (Å²) in [6, 6.07) is 130. The van der Waals surface area contributed by atoms with Crippen molar-refractivity contribution in [2.45, 2.75) is 0 Å². The second kappa shape index (κ2) is 22.2. The van der Waals surface area contributed by atoms with Crippen molar-refractivity contribution in [1.29, 1.82) is 0 Å². The summed E-state index contributed by atoms with van der Waals surface area (Å²) in [5.41, 5.74) is 22.7. The fraction of sp³-hybridized carbons (Fsp3) is 0. The van der Waals surface area contributed by atoms with Crippen LogP contribution in [-0.4, -0.2) is 0 Å². The van der Waals surface area contributed by atoms with Gasteiger partial charge in [0.05, 0.1) is 0 Å². The number of hydrogen-bond donors (Lipinski definition) is 0. The highest BCUT2D eigenvalue weighted by atomic mass is 16.3. The van der Waals surface area contributed by atoms with Gasteiger partial charge in [-0.2, -0.15) is 0 Å². The van der Waals surface area contributed by atoms with Crippen molar-refractivity contribution in [2.24, 2.45) is 0 Å². The third-order valence-corrected chi connectivity index (χ3v) is 21.4. The van der Waals surface area contributed by atoms with Gasteiger partial charge in [0.2, 0.25) is 0 Å². The largest absolute Gasteiger partial charge is 0.455 e. The number of hydrogen-bond acceptors (Lipinski definition) is 2. The van der Waals surface area contributed by atoms with Crippen LogP contribution in [0.1, 0.15) is 0 Å². The molecule has 0 fully saturated rings. The predicted octanol–water partition coefficient (Wildman–Crippen LogP) is 28.0. The van der Waals surface area contributed by atoms with Crippen molar-refractivity contribution < 1.29 is 8.83 Å². The Morgan fingerprint density at radius 1 is 0.140 bits per heavy atom. The first-order valence-corrected chi connectivity index (χ1v) is 34.5. The van der Waals surface area contributed by atoms with E-state index in [4.69, 9.17) is 8.83 Å². The van der Waals surface area contributed by atoms with E-state index in [9.17, 15) is 0 Å². The first-order valence-electron chi connectivity index (χ1n) is 34.5. The molecule has 0 radical (unpaired) electrons. The minimum atomic E-state index is 0.903. The number of furan rings is 2. The summed E-state index contributed by atoms with van der Waals surface area (Å²) < 4.78 is 13.1. The topological polar surface area (TPSA) is 26.3 Å². The maximum atomic E-state index is 6.55. The lowest BCUT2D eigenvalue weighted by Crippen LogP contribution is -1.93. The zero-order valence-electron chi connectivity index (χ0n) is 54.3. The Bertz CT molecular complexity index is 6940. The van der Waals surface area contributed by atoms with Crippen molar-refractivity contribution in [1.82, 2.24) is 0 Å². The van der Waals surface area contributed by atoms with Crippen LogP contribution >= 0.6 is 0 Å². The number of benzene rings is 19. The van der Waals surface area contributed by atoms with Crippen LogP contribution in [0.2, 0.25) is 0 Å². The Kier molecular flexibility index (Phi) is 12.5. The second-order valence-electron chi connectivity index (χ2n) is 26.8. The molecule has 2 heterocycles. The molecule has 0 saturated heterocycles. The van der Waals surface area contributed by atoms with Crippen LogP contribution in [0, 0.1) is 0 Å². The lowest BCUT2D eigenvalue weighted by atomic mass is 9.83. The Morgan fingerprint density at radius 3 is 1.03 bits per heavy atom. The van der Waals surface area contributed by atoms with Gasteiger partial charge in [-0.05, 0) is 213 Å². The van der Waals surface area contributed by atoms with Gasteiger partial charge in [0, 0.05) is 32.3 Å². The van der Waals surface area contributed by atoms with Crippen molar-refractivity contribution in [2.75, 3.05) is 0 Å².